The summed E-state index contributed by atoms with van der Waals surface area (Å²) in [4.78, 5) is 14.1. The van der Waals surface area contributed by atoms with Crippen molar-refractivity contribution in [2.45, 2.75) is 45.3 Å². The minimum Gasteiger partial charge on any atom is -0.331 e. The highest BCUT2D eigenvalue weighted by Gasteiger charge is 2.30. The predicted octanol–water partition coefficient (Wildman–Crippen LogP) is 4.60. The van der Waals surface area contributed by atoms with E-state index in [0.717, 1.165) is 25.1 Å². The maximum absolute atomic E-state index is 12.6. The molecule has 0 heterocycles. The number of halogens is 3. The number of urea groups is 1. The summed E-state index contributed by atoms with van der Waals surface area (Å²) in [7, 11) is 0. The number of nitrogens with zero attached hydrogens (tertiary/aromatic N) is 1. The summed E-state index contributed by atoms with van der Waals surface area (Å²) in [6, 6.07) is 4.45. The highest BCUT2D eigenvalue weighted by atomic mass is 19.4. The maximum Gasteiger partial charge on any atom is 0.416 e. The van der Waals surface area contributed by atoms with E-state index >= 15 is 0 Å². The zero-order valence-electron chi connectivity index (χ0n) is 13.5. The smallest absolute Gasteiger partial charge is 0.331 e. The van der Waals surface area contributed by atoms with Gasteiger partial charge in [0.2, 0.25) is 0 Å². The molecule has 1 aromatic carbocycles. The van der Waals surface area contributed by atoms with Gasteiger partial charge in [0.05, 0.1) is 11.6 Å². The van der Waals surface area contributed by atoms with Crippen LogP contribution >= 0.6 is 0 Å². The molecule has 1 aliphatic rings. The minimum absolute atomic E-state index is 0.147. The quantitative estimate of drug-likeness (QED) is 0.813. The van der Waals surface area contributed by atoms with Crippen molar-refractivity contribution in [1.82, 2.24) is 10.2 Å². The Morgan fingerprint density at radius 1 is 1.30 bits per heavy atom. The van der Waals surface area contributed by atoms with E-state index in [2.05, 4.69) is 5.32 Å². The van der Waals surface area contributed by atoms with E-state index in [-0.39, 0.29) is 12.1 Å². The lowest BCUT2D eigenvalue weighted by atomic mass is 10.1. The maximum atomic E-state index is 12.6. The van der Waals surface area contributed by atoms with Gasteiger partial charge in [0, 0.05) is 13.1 Å². The average Bonchev–Trinajstić information content (AvgIpc) is 3.30. The van der Waals surface area contributed by atoms with Crippen molar-refractivity contribution < 1.29 is 18.0 Å². The summed E-state index contributed by atoms with van der Waals surface area (Å²) in [5.74, 6) is 0.605. The molecule has 0 saturated heterocycles. The monoisotopic (exact) mass is 328 g/mol. The Labute approximate surface area is 134 Å². The Hall–Kier alpha value is -1.72. The second kappa shape index (κ2) is 7.23. The topological polar surface area (TPSA) is 32.3 Å². The van der Waals surface area contributed by atoms with Crippen LogP contribution in [-0.4, -0.2) is 24.0 Å². The molecule has 1 aliphatic carbocycles. The molecule has 1 atom stereocenters. The van der Waals surface area contributed by atoms with Crippen LogP contribution in [0.15, 0.2) is 24.3 Å². The van der Waals surface area contributed by atoms with Gasteiger partial charge < -0.3 is 10.2 Å². The van der Waals surface area contributed by atoms with Gasteiger partial charge in [-0.15, -0.1) is 0 Å². The Kier molecular flexibility index (Phi) is 5.55. The van der Waals surface area contributed by atoms with Crippen LogP contribution < -0.4 is 5.32 Å². The normalized spacial score (nSPS) is 16.0. The highest BCUT2D eigenvalue weighted by Crippen LogP contribution is 2.31. The third-order valence-corrected chi connectivity index (χ3v) is 4.03. The van der Waals surface area contributed by atoms with Crippen LogP contribution in [-0.2, 0) is 6.18 Å². The fourth-order valence-electron chi connectivity index (χ4n) is 2.48. The number of carbonyl (C=O) groups is 1. The molecule has 1 N–H and O–H groups in total. The van der Waals surface area contributed by atoms with E-state index in [0.29, 0.717) is 18.0 Å². The largest absolute Gasteiger partial charge is 0.416 e. The Morgan fingerprint density at radius 2 is 1.91 bits per heavy atom. The first-order valence-electron chi connectivity index (χ1n) is 8.04. The van der Waals surface area contributed by atoms with E-state index in [1.807, 2.05) is 6.92 Å². The Balaban J connectivity index is 1.96. The van der Waals surface area contributed by atoms with Crippen molar-refractivity contribution in [3.8, 4) is 0 Å². The summed E-state index contributed by atoms with van der Waals surface area (Å²) in [5.41, 5.74) is -0.0182. The van der Waals surface area contributed by atoms with Crippen molar-refractivity contribution in [2.24, 2.45) is 5.92 Å². The molecule has 1 fully saturated rings. The Morgan fingerprint density at radius 3 is 2.39 bits per heavy atom. The highest BCUT2D eigenvalue weighted by molar-refractivity contribution is 5.74. The molecule has 2 rings (SSSR count). The molecular weight excluding hydrogens is 305 g/mol. The van der Waals surface area contributed by atoms with Gasteiger partial charge in [-0.05, 0) is 49.8 Å². The number of alkyl halides is 3. The zero-order chi connectivity index (χ0) is 17.0. The number of hydrogen-bond acceptors (Lipinski definition) is 1. The minimum atomic E-state index is -4.34. The molecule has 1 saturated carbocycles. The second-order valence-electron chi connectivity index (χ2n) is 6.18. The molecule has 0 spiro atoms. The van der Waals surface area contributed by atoms with Gasteiger partial charge in [-0.1, -0.05) is 19.1 Å². The van der Waals surface area contributed by atoms with Crippen molar-refractivity contribution in [1.29, 1.82) is 0 Å². The SMILES string of the molecule is CCCN(CC1CC1)C(=O)NC(C)c1ccc(C(F)(F)F)cc1. The van der Waals surface area contributed by atoms with Gasteiger partial charge in [-0.2, -0.15) is 13.2 Å². The van der Waals surface area contributed by atoms with Gasteiger partial charge in [0.1, 0.15) is 0 Å². The lowest BCUT2D eigenvalue weighted by Gasteiger charge is -2.25. The third-order valence-electron chi connectivity index (χ3n) is 4.03. The number of rotatable bonds is 6. The van der Waals surface area contributed by atoms with E-state index in [9.17, 15) is 18.0 Å². The van der Waals surface area contributed by atoms with Crippen LogP contribution in [0.25, 0.3) is 0 Å². The van der Waals surface area contributed by atoms with Gasteiger partial charge >= 0.3 is 12.2 Å². The first-order valence-corrected chi connectivity index (χ1v) is 8.04. The molecule has 3 nitrogen and oxygen atoms in total. The van der Waals surface area contributed by atoms with Gasteiger partial charge in [0.15, 0.2) is 0 Å². The summed E-state index contributed by atoms with van der Waals surface area (Å²) in [6.07, 6.45) is -1.12. The third kappa shape index (κ3) is 5.15. The number of amides is 2. The zero-order valence-corrected chi connectivity index (χ0v) is 13.5. The number of hydrogen-bond donors (Lipinski definition) is 1. The molecule has 0 radical (unpaired) electrons. The lowest BCUT2D eigenvalue weighted by molar-refractivity contribution is -0.137. The van der Waals surface area contributed by atoms with Crippen molar-refractivity contribution in [3.05, 3.63) is 35.4 Å². The van der Waals surface area contributed by atoms with Crippen LogP contribution in [0.4, 0.5) is 18.0 Å². The number of carbonyl (C=O) groups excluding carboxylic acids is 1. The van der Waals surface area contributed by atoms with Crippen molar-refractivity contribution >= 4 is 6.03 Å². The summed E-state index contributed by atoms with van der Waals surface area (Å²) >= 11 is 0. The Bertz CT molecular complexity index is 524. The molecule has 128 valence electrons. The lowest BCUT2D eigenvalue weighted by Crippen LogP contribution is -2.42. The van der Waals surface area contributed by atoms with Crippen LogP contribution in [0, 0.1) is 5.92 Å². The van der Waals surface area contributed by atoms with E-state index in [1.54, 1.807) is 11.8 Å². The van der Waals surface area contributed by atoms with Crippen LogP contribution in [0.1, 0.15) is 50.3 Å². The van der Waals surface area contributed by atoms with Crippen molar-refractivity contribution in [2.75, 3.05) is 13.1 Å². The van der Waals surface area contributed by atoms with Crippen LogP contribution in [0.3, 0.4) is 0 Å². The van der Waals surface area contributed by atoms with Gasteiger partial charge in [-0.3, -0.25) is 0 Å². The summed E-state index contributed by atoms with van der Waals surface area (Å²) in [5, 5.41) is 2.88. The van der Waals surface area contributed by atoms with Crippen LogP contribution in [0.2, 0.25) is 0 Å². The van der Waals surface area contributed by atoms with Gasteiger partial charge in [0.25, 0.3) is 0 Å². The summed E-state index contributed by atoms with van der Waals surface area (Å²) in [6.45, 7) is 5.26. The molecular formula is C17H23F3N2O. The average molecular weight is 328 g/mol. The van der Waals surface area contributed by atoms with E-state index < -0.39 is 11.7 Å². The molecule has 2 amide bonds. The molecule has 1 unspecified atom stereocenters. The summed E-state index contributed by atoms with van der Waals surface area (Å²) < 4.78 is 37.7. The molecule has 1 aromatic rings. The first kappa shape index (κ1) is 17.6. The molecule has 0 aromatic heterocycles. The fourth-order valence-corrected chi connectivity index (χ4v) is 2.48. The molecule has 23 heavy (non-hydrogen) atoms. The first-order chi connectivity index (χ1) is 10.8. The van der Waals surface area contributed by atoms with Crippen molar-refractivity contribution in [3.63, 3.8) is 0 Å². The standard InChI is InChI=1S/C17H23F3N2O/c1-3-10-22(11-13-4-5-13)16(23)21-12(2)14-6-8-15(9-7-14)17(18,19)20/h6-9,12-13H,3-5,10-11H2,1-2H3,(H,21,23). The molecule has 0 aliphatic heterocycles. The van der Waals surface area contributed by atoms with E-state index in [1.165, 1.54) is 25.0 Å². The van der Waals surface area contributed by atoms with Crippen LogP contribution in [0.5, 0.6) is 0 Å². The number of benzene rings is 1. The number of nitrogens with one attached hydrogen (secondary N) is 1. The van der Waals surface area contributed by atoms with Gasteiger partial charge in [-0.25, -0.2) is 4.79 Å². The fraction of sp³-hybridized carbons (Fsp3) is 0.588. The predicted molar refractivity (Wildman–Crippen MR) is 83.0 cm³/mol. The second-order valence-corrected chi connectivity index (χ2v) is 6.18. The van der Waals surface area contributed by atoms with E-state index in [4.69, 9.17) is 0 Å². The molecule has 0 bridgehead atoms. The molecule has 6 heteroatoms.